The van der Waals surface area contributed by atoms with E-state index in [-0.39, 0.29) is 5.91 Å². The molecule has 1 saturated heterocycles. The van der Waals surface area contributed by atoms with E-state index in [0.717, 1.165) is 48.5 Å². The molecule has 0 aliphatic carbocycles. The Bertz CT molecular complexity index is 845. The number of nitrogens with one attached hydrogen (secondary N) is 1. The van der Waals surface area contributed by atoms with E-state index in [1.165, 1.54) is 0 Å². The van der Waals surface area contributed by atoms with Crippen LogP contribution in [-0.2, 0) is 0 Å². The first-order chi connectivity index (χ1) is 11.7. The van der Waals surface area contributed by atoms with Gasteiger partial charge in [-0.05, 0) is 44.0 Å². The number of hydrogen-bond acceptors (Lipinski definition) is 3. The number of aromatic nitrogens is 3. The van der Waals surface area contributed by atoms with Crippen LogP contribution >= 0.6 is 0 Å². The Morgan fingerprint density at radius 2 is 1.88 bits per heavy atom. The first-order valence-electron chi connectivity index (χ1n) is 8.38. The molecule has 1 amide bonds. The van der Waals surface area contributed by atoms with Crippen LogP contribution in [0.2, 0.25) is 0 Å². The van der Waals surface area contributed by atoms with Gasteiger partial charge >= 0.3 is 0 Å². The van der Waals surface area contributed by atoms with Crippen LogP contribution in [0.3, 0.4) is 0 Å². The van der Waals surface area contributed by atoms with Gasteiger partial charge in [-0.15, -0.1) is 0 Å². The fraction of sp³-hybridized carbons (Fsp3) is 0.316. The summed E-state index contributed by atoms with van der Waals surface area (Å²) in [6.07, 6.45) is 1.86. The van der Waals surface area contributed by atoms with E-state index in [9.17, 15) is 4.79 Å². The van der Waals surface area contributed by atoms with E-state index >= 15 is 0 Å². The van der Waals surface area contributed by atoms with Crippen molar-refractivity contribution in [1.29, 1.82) is 0 Å². The number of rotatable bonds is 2. The zero-order valence-corrected chi connectivity index (χ0v) is 13.7. The van der Waals surface area contributed by atoms with Gasteiger partial charge in [0.2, 0.25) is 0 Å². The van der Waals surface area contributed by atoms with Gasteiger partial charge in [-0.1, -0.05) is 18.2 Å². The number of aromatic amines is 1. The minimum absolute atomic E-state index is 0.0294. The quantitative estimate of drug-likeness (QED) is 0.788. The molecule has 2 aromatic heterocycles. The summed E-state index contributed by atoms with van der Waals surface area (Å²) in [6, 6.07) is 13.7. The van der Waals surface area contributed by atoms with Crippen molar-refractivity contribution in [3.63, 3.8) is 0 Å². The Morgan fingerprint density at radius 3 is 2.62 bits per heavy atom. The van der Waals surface area contributed by atoms with Gasteiger partial charge in [-0.3, -0.25) is 4.79 Å². The second-order valence-electron chi connectivity index (χ2n) is 6.37. The molecule has 1 fully saturated rings. The smallest absolute Gasteiger partial charge is 0.272 e. The summed E-state index contributed by atoms with van der Waals surface area (Å²) < 4.78 is 0. The molecule has 1 aliphatic heterocycles. The highest BCUT2D eigenvalue weighted by Crippen LogP contribution is 2.28. The molecule has 0 atom stereocenters. The molecular formula is C19H20N4O. The van der Waals surface area contributed by atoms with Gasteiger partial charge in [-0.2, -0.15) is 0 Å². The number of pyridine rings is 1. The molecule has 3 heterocycles. The average Bonchev–Trinajstić information content (AvgIpc) is 3.05. The Labute approximate surface area is 140 Å². The molecule has 4 rings (SSSR count). The zero-order chi connectivity index (χ0) is 16.5. The van der Waals surface area contributed by atoms with Gasteiger partial charge in [0.05, 0.1) is 11.0 Å². The number of likely N-dealkylation sites (tertiary alicyclic amines) is 1. The highest BCUT2D eigenvalue weighted by Gasteiger charge is 2.26. The monoisotopic (exact) mass is 320 g/mol. The van der Waals surface area contributed by atoms with Crippen molar-refractivity contribution in [2.24, 2.45) is 0 Å². The maximum atomic E-state index is 12.6. The van der Waals surface area contributed by atoms with Crippen LogP contribution in [0.4, 0.5) is 0 Å². The second kappa shape index (κ2) is 6.07. The van der Waals surface area contributed by atoms with E-state index in [0.29, 0.717) is 11.6 Å². The molecule has 0 spiro atoms. The Morgan fingerprint density at radius 1 is 1.08 bits per heavy atom. The minimum Gasteiger partial charge on any atom is -0.342 e. The Balaban J connectivity index is 1.45. The van der Waals surface area contributed by atoms with Crippen LogP contribution in [0, 0.1) is 6.92 Å². The first-order valence-corrected chi connectivity index (χ1v) is 8.38. The Hall–Kier alpha value is -2.69. The maximum absolute atomic E-state index is 12.6. The fourth-order valence-corrected chi connectivity index (χ4v) is 3.35. The van der Waals surface area contributed by atoms with Gasteiger partial charge in [0, 0.05) is 24.7 Å². The lowest BCUT2D eigenvalue weighted by Gasteiger charge is -2.31. The number of carbonyl (C=O) groups excluding carboxylic acids is 1. The van der Waals surface area contributed by atoms with E-state index in [1.807, 2.05) is 48.2 Å². The number of fused-ring (bicyclic) bond motifs is 1. The van der Waals surface area contributed by atoms with Crippen LogP contribution in [-0.4, -0.2) is 38.8 Å². The summed E-state index contributed by atoms with van der Waals surface area (Å²) >= 11 is 0. The van der Waals surface area contributed by atoms with Crippen molar-refractivity contribution in [1.82, 2.24) is 19.9 Å². The maximum Gasteiger partial charge on any atom is 0.272 e. The standard InChI is InChI=1S/C19H20N4O/c1-13-5-4-8-17(20-13)19(24)23-11-9-14(10-12-23)18-21-15-6-2-3-7-16(15)22-18/h2-8,14H,9-12H2,1H3,(H,21,22). The van der Waals surface area contributed by atoms with Crippen LogP contribution in [0.15, 0.2) is 42.5 Å². The van der Waals surface area contributed by atoms with Crippen molar-refractivity contribution >= 4 is 16.9 Å². The molecule has 24 heavy (non-hydrogen) atoms. The summed E-state index contributed by atoms with van der Waals surface area (Å²) in [5.74, 6) is 1.45. The van der Waals surface area contributed by atoms with Crippen LogP contribution < -0.4 is 0 Å². The number of amides is 1. The summed E-state index contributed by atoms with van der Waals surface area (Å²) in [4.78, 5) is 27.0. The molecule has 0 saturated carbocycles. The number of hydrogen-bond donors (Lipinski definition) is 1. The number of imidazole rings is 1. The number of piperidine rings is 1. The molecule has 1 aromatic carbocycles. The number of aryl methyl sites for hydroxylation is 1. The van der Waals surface area contributed by atoms with E-state index in [4.69, 9.17) is 4.98 Å². The number of carbonyl (C=O) groups is 1. The second-order valence-corrected chi connectivity index (χ2v) is 6.37. The van der Waals surface area contributed by atoms with Crippen molar-refractivity contribution in [3.05, 3.63) is 59.7 Å². The topological polar surface area (TPSA) is 61.9 Å². The summed E-state index contributed by atoms with van der Waals surface area (Å²) in [5.41, 5.74) is 3.50. The van der Waals surface area contributed by atoms with Crippen molar-refractivity contribution in [2.75, 3.05) is 13.1 Å². The van der Waals surface area contributed by atoms with E-state index in [1.54, 1.807) is 6.07 Å². The lowest BCUT2D eigenvalue weighted by atomic mass is 9.96. The number of nitrogens with zero attached hydrogens (tertiary/aromatic N) is 3. The SMILES string of the molecule is Cc1cccc(C(=O)N2CCC(c3nc4ccccc4[nH]3)CC2)n1. The lowest BCUT2D eigenvalue weighted by Crippen LogP contribution is -2.38. The zero-order valence-electron chi connectivity index (χ0n) is 13.7. The average molecular weight is 320 g/mol. The molecule has 5 heteroatoms. The predicted molar refractivity (Wildman–Crippen MR) is 92.9 cm³/mol. The molecule has 5 nitrogen and oxygen atoms in total. The van der Waals surface area contributed by atoms with Crippen molar-refractivity contribution in [3.8, 4) is 0 Å². The number of para-hydroxylation sites is 2. The van der Waals surface area contributed by atoms with Crippen LogP contribution in [0.1, 0.15) is 40.8 Å². The third kappa shape index (κ3) is 2.77. The minimum atomic E-state index is 0.0294. The van der Waals surface area contributed by atoms with Gasteiger partial charge in [-0.25, -0.2) is 9.97 Å². The highest BCUT2D eigenvalue weighted by molar-refractivity contribution is 5.92. The third-order valence-corrected chi connectivity index (χ3v) is 4.68. The first kappa shape index (κ1) is 14.9. The van der Waals surface area contributed by atoms with Crippen LogP contribution in [0.5, 0.6) is 0 Å². The molecule has 0 radical (unpaired) electrons. The van der Waals surface area contributed by atoms with E-state index in [2.05, 4.69) is 9.97 Å². The number of H-pyrrole nitrogens is 1. The van der Waals surface area contributed by atoms with Gasteiger partial charge in [0.1, 0.15) is 11.5 Å². The van der Waals surface area contributed by atoms with Gasteiger partial charge < -0.3 is 9.88 Å². The van der Waals surface area contributed by atoms with Crippen molar-refractivity contribution < 1.29 is 4.79 Å². The Kier molecular flexibility index (Phi) is 3.76. The van der Waals surface area contributed by atoms with Crippen LogP contribution in [0.25, 0.3) is 11.0 Å². The highest BCUT2D eigenvalue weighted by atomic mass is 16.2. The molecule has 122 valence electrons. The summed E-state index contributed by atoms with van der Waals surface area (Å²) in [6.45, 7) is 3.40. The molecule has 3 aromatic rings. The largest absolute Gasteiger partial charge is 0.342 e. The molecule has 1 aliphatic rings. The summed E-state index contributed by atoms with van der Waals surface area (Å²) in [5, 5.41) is 0. The van der Waals surface area contributed by atoms with E-state index < -0.39 is 0 Å². The molecule has 0 bridgehead atoms. The molecule has 1 N–H and O–H groups in total. The molecule has 0 unspecified atom stereocenters. The fourth-order valence-electron chi connectivity index (χ4n) is 3.35. The predicted octanol–water partition coefficient (Wildman–Crippen LogP) is 3.29. The lowest BCUT2D eigenvalue weighted by molar-refractivity contribution is 0.0705. The summed E-state index contributed by atoms with van der Waals surface area (Å²) in [7, 11) is 0. The third-order valence-electron chi connectivity index (χ3n) is 4.68. The van der Waals surface area contributed by atoms with Crippen molar-refractivity contribution in [2.45, 2.75) is 25.7 Å². The molecular weight excluding hydrogens is 300 g/mol. The normalized spacial score (nSPS) is 15.8. The number of benzene rings is 1. The van der Waals surface area contributed by atoms with Gasteiger partial charge in [0.25, 0.3) is 5.91 Å². The van der Waals surface area contributed by atoms with Gasteiger partial charge in [0.15, 0.2) is 0 Å².